The smallest absolute Gasteiger partial charge is 0.409 e. The number of aromatic nitrogens is 4. The average molecular weight is 600 g/mol. The molecule has 0 radical (unpaired) electrons. The number of nitrogens with one attached hydrogen (secondary N) is 2. The van der Waals surface area contributed by atoms with Crippen LogP contribution in [-0.4, -0.2) is 68.3 Å². The number of nitrogens with zero attached hydrogens (tertiary/aromatic N) is 5. The summed E-state index contributed by atoms with van der Waals surface area (Å²) < 4.78 is 7.76. The second-order valence-corrected chi connectivity index (χ2v) is 11.5. The average Bonchev–Trinajstić information content (AvgIpc) is 3.60. The molecule has 3 aliphatic rings. The normalized spacial score (nSPS) is 22.0. The second-order valence-electron chi connectivity index (χ2n) is 11.5. The van der Waals surface area contributed by atoms with E-state index in [4.69, 9.17) is 25.4 Å². The Hall–Kier alpha value is -2.04. The predicted octanol–water partition coefficient (Wildman–Crippen LogP) is 6.06. The lowest BCUT2D eigenvalue weighted by Gasteiger charge is -2.32. The molecule has 1 amide bonds. The van der Waals surface area contributed by atoms with Crippen LogP contribution in [0, 0.1) is 0 Å². The van der Waals surface area contributed by atoms with Crippen molar-refractivity contribution in [3.63, 3.8) is 0 Å². The molecule has 2 aromatic heterocycles. The molecule has 10 nitrogen and oxygen atoms in total. The summed E-state index contributed by atoms with van der Waals surface area (Å²) in [5.74, 6) is 1.46. The molecule has 40 heavy (non-hydrogen) atoms. The molecule has 226 valence electrons. The van der Waals surface area contributed by atoms with Crippen molar-refractivity contribution in [2.24, 2.45) is 5.73 Å². The first-order valence-corrected chi connectivity index (χ1v) is 15.1. The largest absolute Gasteiger partial charge is 0.449 e. The van der Waals surface area contributed by atoms with Crippen LogP contribution >= 0.6 is 24.8 Å². The number of nitrogens with two attached hydrogens (primary N) is 1. The van der Waals surface area contributed by atoms with Gasteiger partial charge in [0.1, 0.15) is 0 Å². The van der Waals surface area contributed by atoms with Gasteiger partial charge < -0.3 is 30.6 Å². The summed E-state index contributed by atoms with van der Waals surface area (Å²) in [5, 5.41) is 7.28. The first kappa shape index (κ1) is 32.5. The van der Waals surface area contributed by atoms with Crippen LogP contribution in [-0.2, 0) is 4.74 Å². The molecule has 3 heterocycles. The first-order chi connectivity index (χ1) is 18.6. The van der Waals surface area contributed by atoms with E-state index in [9.17, 15) is 4.79 Å². The monoisotopic (exact) mass is 598 g/mol. The van der Waals surface area contributed by atoms with E-state index in [1.807, 2.05) is 11.2 Å². The number of amides is 1. The number of unbranched alkanes of at least 4 members (excludes halogenated alkanes) is 3. The Labute approximate surface area is 250 Å². The van der Waals surface area contributed by atoms with Crippen molar-refractivity contribution in [1.82, 2.24) is 24.4 Å². The van der Waals surface area contributed by atoms with E-state index < -0.39 is 0 Å². The standard InChI is InChI=1S/C28H46N8O2.2ClH/c1-2-3-4-7-18-38-28(37)35-16-14-22(15-17-35)31-25-24-26(36(19-30-24)23-8-5-6-9-23)34-27(33-25)32-21-12-10-20(29)11-13-21;;/h19-23H,2-18,29H2,1H3,(H2,31,32,33,34);2*1H. The highest BCUT2D eigenvalue weighted by Crippen LogP contribution is 2.34. The number of carbonyl (C=O) groups excluding carboxylic acids is 1. The fourth-order valence-corrected chi connectivity index (χ4v) is 6.16. The summed E-state index contributed by atoms with van der Waals surface area (Å²) in [4.78, 5) is 29.0. The van der Waals surface area contributed by atoms with Gasteiger partial charge in [0.2, 0.25) is 5.95 Å². The number of hydrogen-bond donors (Lipinski definition) is 3. The van der Waals surface area contributed by atoms with Crippen LogP contribution in [0.1, 0.15) is 103 Å². The van der Waals surface area contributed by atoms with E-state index in [2.05, 4.69) is 22.1 Å². The molecule has 1 saturated heterocycles. The number of carbonyl (C=O) groups is 1. The Bertz CT molecular complexity index is 1050. The SMILES string of the molecule is CCCCCCOC(=O)N1CCC(Nc2nc(NC3CCC(N)CC3)nc3c2ncn3C2CCCC2)CC1.Cl.Cl. The van der Waals surface area contributed by atoms with Crippen LogP contribution in [0.25, 0.3) is 11.2 Å². The Morgan fingerprint density at radius 1 is 0.950 bits per heavy atom. The highest BCUT2D eigenvalue weighted by atomic mass is 35.5. The van der Waals surface area contributed by atoms with E-state index >= 15 is 0 Å². The lowest BCUT2D eigenvalue weighted by molar-refractivity contribution is 0.0923. The zero-order valence-corrected chi connectivity index (χ0v) is 25.5. The van der Waals surface area contributed by atoms with Crippen LogP contribution in [0.2, 0.25) is 0 Å². The van der Waals surface area contributed by atoms with Gasteiger partial charge in [0.15, 0.2) is 17.0 Å². The number of fused-ring (bicyclic) bond motifs is 1. The summed E-state index contributed by atoms with van der Waals surface area (Å²) in [6.45, 7) is 4.07. The van der Waals surface area contributed by atoms with Gasteiger partial charge in [-0.25, -0.2) is 9.78 Å². The van der Waals surface area contributed by atoms with Gasteiger partial charge in [0.25, 0.3) is 0 Å². The summed E-state index contributed by atoms with van der Waals surface area (Å²) >= 11 is 0. The van der Waals surface area contributed by atoms with Crippen LogP contribution < -0.4 is 16.4 Å². The van der Waals surface area contributed by atoms with Crippen molar-refractivity contribution in [3.8, 4) is 0 Å². The number of rotatable bonds is 10. The van der Waals surface area contributed by atoms with Crippen molar-refractivity contribution < 1.29 is 9.53 Å². The zero-order valence-electron chi connectivity index (χ0n) is 23.9. The van der Waals surface area contributed by atoms with E-state index in [-0.39, 0.29) is 36.9 Å². The highest BCUT2D eigenvalue weighted by molar-refractivity contribution is 5.86. The fraction of sp³-hybridized carbons (Fsp3) is 0.786. The molecule has 0 aromatic carbocycles. The summed E-state index contributed by atoms with van der Waals surface area (Å²) in [6, 6.07) is 1.33. The Morgan fingerprint density at radius 2 is 1.65 bits per heavy atom. The summed E-state index contributed by atoms with van der Waals surface area (Å²) in [6.07, 6.45) is 16.9. The molecule has 4 N–H and O–H groups in total. The number of halogens is 2. The molecule has 2 saturated carbocycles. The third kappa shape index (κ3) is 8.26. The Morgan fingerprint density at radius 3 is 2.35 bits per heavy atom. The van der Waals surface area contributed by atoms with Crippen molar-refractivity contribution in [2.75, 3.05) is 30.3 Å². The van der Waals surface area contributed by atoms with Crippen molar-refractivity contribution in [1.29, 1.82) is 0 Å². The van der Waals surface area contributed by atoms with Gasteiger partial charge in [-0.15, -0.1) is 24.8 Å². The van der Waals surface area contributed by atoms with Crippen molar-refractivity contribution in [2.45, 2.75) is 121 Å². The minimum Gasteiger partial charge on any atom is -0.449 e. The maximum atomic E-state index is 12.5. The highest BCUT2D eigenvalue weighted by Gasteiger charge is 2.27. The van der Waals surface area contributed by atoms with Gasteiger partial charge in [0, 0.05) is 37.3 Å². The van der Waals surface area contributed by atoms with Crippen LogP contribution in [0.3, 0.4) is 0 Å². The van der Waals surface area contributed by atoms with E-state index in [0.717, 1.165) is 68.3 Å². The predicted molar refractivity (Wildman–Crippen MR) is 165 cm³/mol. The topological polar surface area (TPSA) is 123 Å². The fourth-order valence-electron chi connectivity index (χ4n) is 6.16. The van der Waals surface area contributed by atoms with Gasteiger partial charge in [-0.3, -0.25) is 0 Å². The van der Waals surface area contributed by atoms with Gasteiger partial charge in [-0.1, -0.05) is 39.0 Å². The van der Waals surface area contributed by atoms with Crippen molar-refractivity contribution >= 4 is 53.8 Å². The molecule has 5 rings (SSSR count). The molecular formula is C28H48Cl2N8O2. The molecule has 1 aliphatic heterocycles. The number of hydrogen-bond acceptors (Lipinski definition) is 8. The van der Waals surface area contributed by atoms with Crippen LogP contribution in [0.15, 0.2) is 6.33 Å². The Kier molecular flexibility index (Phi) is 12.8. The minimum absolute atomic E-state index is 0. The van der Waals surface area contributed by atoms with Gasteiger partial charge in [0.05, 0.1) is 12.9 Å². The van der Waals surface area contributed by atoms with Crippen LogP contribution in [0.4, 0.5) is 16.6 Å². The summed E-state index contributed by atoms with van der Waals surface area (Å²) in [7, 11) is 0. The van der Waals surface area contributed by atoms with Crippen LogP contribution in [0.5, 0.6) is 0 Å². The lowest BCUT2D eigenvalue weighted by atomic mass is 9.92. The molecule has 0 atom stereocenters. The summed E-state index contributed by atoms with van der Waals surface area (Å²) in [5.41, 5.74) is 7.87. The van der Waals surface area contributed by atoms with E-state index in [1.54, 1.807) is 0 Å². The molecule has 0 spiro atoms. The molecule has 3 fully saturated rings. The molecule has 0 bridgehead atoms. The lowest BCUT2D eigenvalue weighted by Crippen LogP contribution is -2.42. The molecule has 12 heteroatoms. The number of anilines is 2. The minimum atomic E-state index is -0.182. The number of imidazole rings is 1. The maximum absolute atomic E-state index is 12.5. The first-order valence-electron chi connectivity index (χ1n) is 15.1. The van der Waals surface area contributed by atoms with E-state index in [1.165, 1.54) is 38.5 Å². The third-order valence-electron chi connectivity index (χ3n) is 8.56. The van der Waals surface area contributed by atoms with E-state index in [0.29, 0.717) is 43.8 Å². The number of likely N-dealkylation sites (tertiary alicyclic amines) is 1. The van der Waals surface area contributed by atoms with Crippen molar-refractivity contribution in [3.05, 3.63) is 6.33 Å². The van der Waals surface area contributed by atoms with Gasteiger partial charge in [-0.05, 0) is 57.8 Å². The molecule has 2 aromatic rings. The molecule has 2 aliphatic carbocycles. The second kappa shape index (κ2) is 15.8. The van der Waals surface area contributed by atoms with Gasteiger partial charge >= 0.3 is 6.09 Å². The quantitative estimate of drug-likeness (QED) is 0.282. The number of ether oxygens (including phenoxy) is 1. The third-order valence-corrected chi connectivity index (χ3v) is 8.56. The van der Waals surface area contributed by atoms with Gasteiger partial charge in [-0.2, -0.15) is 9.97 Å². The molecular weight excluding hydrogens is 551 g/mol. The maximum Gasteiger partial charge on any atom is 0.409 e. The zero-order chi connectivity index (χ0) is 26.3. The number of piperidine rings is 1. The Balaban J connectivity index is 0.00000220. The molecule has 0 unspecified atom stereocenters.